The molecule has 0 spiro atoms. The van der Waals surface area contributed by atoms with Crippen molar-refractivity contribution in [1.82, 2.24) is 5.06 Å². The molecule has 4 rings (SSSR count). The van der Waals surface area contributed by atoms with Crippen LogP contribution in [0.25, 0.3) is 11.3 Å². The van der Waals surface area contributed by atoms with E-state index >= 15 is 0 Å². The number of likely N-dealkylation sites (N-methyl/N-ethyl adjacent to an activating group) is 1. The molecule has 1 unspecified atom stereocenters. The molecule has 0 bridgehead atoms. The highest BCUT2D eigenvalue weighted by Crippen LogP contribution is 2.46. The van der Waals surface area contributed by atoms with Gasteiger partial charge in [-0.15, -0.1) is 5.06 Å². The molecule has 4 heteroatoms. The number of hydrogen-bond acceptors (Lipinski definition) is 3. The van der Waals surface area contributed by atoms with Gasteiger partial charge >= 0.3 is 0 Å². The quantitative estimate of drug-likeness (QED) is 0.743. The van der Waals surface area contributed by atoms with Gasteiger partial charge in [0.25, 0.3) is 0 Å². The Kier molecular flexibility index (Phi) is 4.76. The summed E-state index contributed by atoms with van der Waals surface area (Å²) in [4.78, 5) is 21.4. The average Bonchev–Trinajstić information content (AvgIpc) is 3.01. The first-order valence-electron chi connectivity index (χ1n) is 10.0. The zero-order chi connectivity index (χ0) is 20.0. The summed E-state index contributed by atoms with van der Waals surface area (Å²) in [6.45, 7) is 8.89. The van der Waals surface area contributed by atoms with Gasteiger partial charge in [-0.1, -0.05) is 70.2 Å². The third kappa shape index (κ3) is 2.92. The SMILES string of the molecule is CC(C)C(=O)N1Cc2ccccc2C2=C(c3ccccc31)C(C(C)C)N(C)O2. The van der Waals surface area contributed by atoms with Crippen LogP contribution in [0.15, 0.2) is 48.5 Å². The Balaban J connectivity index is 2.04. The fourth-order valence-electron chi connectivity index (χ4n) is 4.38. The van der Waals surface area contributed by atoms with E-state index in [9.17, 15) is 4.79 Å². The molecule has 0 fully saturated rings. The summed E-state index contributed by atoms with van der Waals surface area (Å²) in [5.41, 5.74) is 5.40. The minimum atomic E-state index is -0.0727. The van der Waals surface area contributed by atoms with Crippen LogP contribution < -0.4 is 4.90 Å². The number of nitrogens with zero attached hydrogens (tertiary/aromatic N) is 2. The van der Waals surface area contributed by atoms with Gasteiger partial charge in [-0.25, -0.2) is 0 Å². The Morgan fingerprint density at radius 3 is 2.32 bits per heavy atom. The summed E-state index contributed by atoms with van der Waals surface area (Å²) in [6.07, 6.45) is 0. The molecule has 1 amide bonds. The second kappa shape index (κ2) is 7.10. The van der Waals surface area contributed by atoms with Gasteiger partial charge in [-0.05, 0) is 17.5 Å². The summed E-state index contributed by atoms with van der Waals surface area (Å²) in [6, 6.07) is 16.6. The average molecular weight is 377 g/mol. The van der Waals surface area contributed by atoms with E-state index in [4.69, 9.17) is 4.84 Å². The molecule has 28 heavy (non-hydrogen) atoms. The monoisotopic (exact) mass is 376 g/mol. The molecule has 0 radical (unpaired) electrons. The maximum atomic E-state index is 13.2. The standard InChI is InChI=1S/C24H28N2O2/c1-15(2)22-21-19-12-8-9-13-20(19)26(24(27)16(3)4)14-17-10-6-7-11-18(17)23(21)28-25(22)5/h6-13,15-16,22H,14H2,1-5H3. The van der Waals surface area contributed by atoms with Gasteiger partial charge in [0.15, 0.2) is 5.76 Å². The van der Waals surface area contributed by atoms with Crippen molar-refractivity contribution in [2.75, 3.05) is 11.9 Å². The minimum absolute atomic E-state index is 0.0727. The lowest BCUT2D eigenvalue weighted by molar-refractivity contribution is -0.121. The number of carbonyl (C=O) groups excluding carboxylic acids is 1. The lowest BCUT2D eigenvalue weighted by Crippen LogP contribution is -2.36. The fourth-order valence-corrected chi connectivity index (χ4v) is 4.38. The van der Waals surface area contributed by atoms with Crippen LogP contribution in [0.1, 0.15) is 44.4 Å². The molecule has 4 nitrogen and oxygen atoms in total. The summed E-state index contributed by atoms with van der Waals surface area (Å²) in [7, 11) is 2.00. The second-order valence-electron chi connectivity index (χ2n) is 8.32. The molecule has 0 saturated heterocycles. The Hall–Kier alpha value is -2.59. The molecule has 0 aliphatic carbocycles. The molecular weight excluding hydrogens is 348 g/mol. The normalized spacial score (nSPS) is 19.1. The van der Waals surface area contributed by atoms with E-state index in [0.29, 0.717) is 12.5 Å². The van der Waals surface area contributed by atoms with Crippen molar-refractivity contribution < 1.29 is 9.63 Å². The number of rotatable bonds is 2. The first-order valence-corrected chi connectivity index (χ1v) is 10.0. The smallest absolute Gasteiger partial charge is 0.229 e. The molecule has 0 N–H and O–H groups in total. The molecule has 2 aromatic carbocycles. The maximum absolute atomic E-state index is 13.2. The molecule has 146 valence electrons. The van der Waals surface area contributed by atoms with Crippen LogP contribution in [0.4, 0.5) is 5.69 Å². The molecule has 0 aromatic heterocycles. The van der Waals surface area contributed by atoms with Gasteiger partial charge in [0, 0.05) is 29.7 Å². The van der Waals surface area contributed by atoms with E-state index in [1.807, 2.05) is 55.1 Å². The van der Waals surface area contributed by atoms with Crippen molar-refractivity contribution in [2.45, 2.75) is 40.3 Å². The number of hydrogen-bond donors (Lipinski definition) is 0. The van der Waals surface area contributed by atoms with Crippen molar-refractivity contribution in [3.63, 3.8) is 0 Å². The van der Waals surface area contributed by atoms with Crippen molar-refractivity contribution in [2.24, 2.45) is 11.8 Å². The summed E-state index contributed by atoms with van der Waals surface area (Å²) in [5.74, 6) is 1.35. The molecule has 2 aromatic rings. The molecule has 1 atom stereocenters. The van der Waals surface area contributed by atoms with Crippen molar-refractivity contribution in [3.8, 4) is 0 Å². The Bertz CT molecular complexity index is 945. The van der Waals surface area contributed by atoms with Gasteiger partial charge in [-0.3, -0.25) is 4.79 Å². The molecule has 2 aliphatic heterocycles. The van der Waals surface area contributed by atoms with Gasteiger partial charge in [0.1, 0.15) is 0 Å². The number of fused-ring (bicyclic) bond motifs is 4. The lowest BCUT2D eigenvalue weighted by Gasteiger charge is -2.31. The van der Waals surface area contributed by atoms with Crippen LogP contribution in [-0.2, 0) is 16.2 Å². The van der Waals surface area contributed by atoms with Crippen molar-refractivity contribution >= 4 is 22.9 Å². The van der Waals surface area contributed by atoms with Crippen LogP contribution >= 0.6 is 0 Å². The Morgan fingerprint density at radius 1 is 1.00 bits per heavy atom. The van der Waals surface area contributed by atoms with Crippen LogP contribution in [0, 0.1) is 11.8 Å². The molecular formula is C24H28N2O2. The van der Waals surface area contributed by atoms with E-state index in [0.717, 1.165) is 28.1 Å². The van der Waals surface area contributed by atoms with E-state index in [-0.39, 0.29) is 17.9 Å². The molecule has 2 aliphatic rings. The highest BCUT2D eigenvalue weighted by molar-refractivity contribution is 6.03. The number of amides is 1. The van der Waals surface area contributed by atoms with E-state index in [1.54, 1.807) is 0 Å². The summed E-state index contributed by atoms with van der Waals surface area (Å²) in [5, 5.41) is 1.96. The van der Waals surface area contributed by atoms with Gasteiger partial charge < -0.3 is 9.74 Å². The first-order chi connectivity index (χ1) is 13.4. The fraction of sp³-hybridized carbons (Fsp3) is 0.375. The number of carbonyl (C=O) groups is 1. The third-order valence-electron chi connectivity index (χ3n) is 5.63. The number of anilines is 1. The zero-order valence-corrected chi connectivity index (χ0v) is 17.3. The summed E-state index contributed by atoms with van der Waals surface area (Å²) >= 11 is 0. The number of benzene rings is 2. The molecule has 0 saturated carbocycles. The van der Waals surface area contributed by atoms with E-state index in [1.165, 1.54) is 5.57 Å². The third-order valence-corrected chi connectivity index (χ3v) is 5.63. The largest absolute Gasteiger partial charge is 0.405 e. The lowest BCUT2D eigenvalue weighted by atomic mass is 9.86. The zero-order valence-electron chi connectivity index (χ0n) is 17.3. The Labute approximate surface area is 167 Å². The maximum Gasteiger partial charge on any atom is 0.229 e. The number of para-hydroxylation sites is 1. The highest BCUT2D eigenvalue weighted by atomic mass is 16.7. The van der Waals surface area contributed by atoms with Crippen molar-refractivity contribution in [3.05, 3.63) is 65.2 Å². The van der Waals surface area contributed by atoms with E-state index < -0.39 is 0 Å². The van der Waals surface area contributed by atoms with Gasteiger partial charge in [0.05, 0.1) is 18.3 Å². The van der Waals surface area contributed by atoms with Gasteiger partial charge in [0.2, 0.25) is 5.91 Å². The van der Waals surface area contributed by atoms with Crippen molar-refractivity contribution in [1.29, 1.82) is 0 Å². The predicted octanol–water partition coefficient (Wildman–Crippen LogP) is 4.96. The highest BCUT2D eigenvalue weighted by Gasteiger charge is 2.40. The summed E-state index contributed by atoms with van der Waals surface area (Å²) < 4.78 is 0. The van der Waals surface area contributed by atoms with E-state index in [2.05, 4.69) is 38.1 Å². The second-order valence-corrected chi connectivity index (χ2v) is 8.32. The van der Waals surface area contributed by atoms with Crippen LogP contribution in [0.3, 0.4) is 0 Å². The van der Waals surface area contributed by atoms with Crippen LogP contribution in [0.5, 0.6) is 0 Å². The number of hydroxylamine groups is 2. The topological polar surface area (TPSA) is 32.8 Å². The predicted molar refractivity (Wildman–Crippen MR) is 113 cm³/mol. The van der Waals surface area contributed by atoms with Crippen LogP contribution in [-0.4, -0.2) is 24.1 Å². The van der Waals surface area contributed by atoms with Crippen LogP contribution in [0.2, 0.25) is 0 Å². The molecule has 2 heterocycles. The first kappa shape index (κ1) is 18.8. The van der Waals surface area contributed by atoms with Gasteiger partial charge in [-0.2, -0.15) is 0 Å². The Morgan fingerprint density at radius 2 is 1.64 bits per heavy atom. The minimum Gasteiger partial charge on any atom is -0.405 e.